The Hall–Kier alpha value is -0.0800. The van der Waals surface area contributed by atoms with Gasteiger partial charge in [0.15, 0.2) is 0 Å². The van der Waals surface area contributed by atoms with Gasteiger partial charge in [0, 0.05) is 25.2 Å². The quantitative estimate of drug-likeness (QED) is 0.513. The van der Waals surface area contributed by atoms with Crippen LogP contribution in [-0.4, -0.2) is 30.1 Å². The lowest BCUT2D eigenvalue weighted by atomic mass is 10.4. The molecule has 0 saturated carbocycles. The Balaban J connectivity index is 2.16. The predicted octanol–water partition coefficient (Wildman–Crippen LogP) is 0.0377. The van der Waals surface area contributed by atoms with E-state index in [4.69, 9.17) is 5.73 Å². The van der Waals surface area contributed by atoms with Crippen molar-refractivity contribution >= 4 is 0 Å². The van der Waals surface area contributed by atoms with Gasteiger partial charge in [-0.15, -0.1) is 0 Å². The molecule has 2 nitrogen and oxygen atoms in total. The highest BCUT2D eigenvalue weighted by Gasteiger charge is 2.33. The van der Waals surface area contributed by atoms with Crippen molar-refractivity contribution in [3.63, 3.8) is 0 Å². The highest BCUT2D eigenvalue weighted by atomic mass is 15.3. The highest BCUT2D eigenvalue weighted by Crippen LogP contribution is 2.18. The molecular formula is C6H14N2. The van der Waals surface area contributed by atoms with Crippen LogP contribution in [0.15, 0.2) is 0 Å². The topological polar surface area (TPSA) is 29.0 Å². The van der Waals surface area contributed by atoms with E-state index in [1.807, 2.05) is 0 Å². The van der Waals surface area contributed by atoms with Crippen LogP contribution in [0.5, 0.6) is 0 Å². The fourth-order valence-electron chi connectivity index (χ4n) is 1.04. The van der Waals surface area contributed by atoms with E-state index in [9.17, 15) is 0 Å². The number of nitrogens with two attached hydrogens (primary N) is 1. The van der Waals surface area contributed by atoms with Gasteiger partial charge in [-0.05, 0) is 13.8 Å². The van der Waals surface area contributed by atoms with Crippen LogP contribution in [-0.2, 0) is 0 Å². The number of rotatable bonds is 2. The molecule has 2 heteroatoms. The van der Waals surface area contributed by atoms with E-state index >= 15 is 0 Å². The van der Waals surface area contributed by atoms with Gasteiger partial charge in [0.05, 0.1) is 0 Å². The van der Waals surface area contributed by atoms with Crippen molar-refractivity contribution in [3.8, 4) is 0 Å². The first-order valence-electron chi connectivity index (χ1n) is 3.21. The van der Waals surface area contributed by atoms with Crippen LogP contribution < -0.4 is 5.73 Å². The van der Waals surface area contributed by atoms with E-state index in [1.165, 1.54) is 6.54 Å². The van der Waals surface area contributed by atoms with Crippen molar-refractivity contribution in [3.05, 3.63) is 0 Å². The van der Waals surface area contributed by atoms with Crippen molar-refractivity contribution < 1.29 is 0 Å². The van der Waals surface area contributed by atoms with Gasteiger partial charge in [-0.25, -0.2) is 0 Å². The third-order valence-electron chi connectivity index (χ3n) is 1.69. The molecular weight excluding hydrogens is 100 g/mol. The standard InChI is InChI=1S/C6H14N2/c1-5(2)8-4-6(8)3-7/h5-6H,3-4,7H2,1-2H3/t6-,8?/m1/s1. The number of nitrogens with zero attached hydrogens (tertiary/aromatic N) is 1. The molecule has 1 aliphatic rings. The number of hydrogen-bond acceptors (Lipinski definition) is 2. The van der Waals surface area contributed by atoms with Crippen LogP contribution in [0.2, 0.25) is 0 Å². The Bertz CT molecular complexity index is 80.6. The molecule has 1 aliphatic heterocycles. The third-order valence-corrected chi connectivity index (χ3v) is 1.69. The molecule has 1 rings (SSSR count). The van der Waals surface area contributed by atoms with Gasteiger partial charge in [0.2, 0.25) is 0 Å². The van der Waals surface area contributed by atoms with Crippen LogP contribution in [0.3, 0.4) is 0 Å². The van der Waals surface area contributed by atoms with E-state index in [0.717, 1.165) is 6.54 Å². The van der Waals surface area contributed by atoms with E-state index in [2.05, 4.69) is 18.7 Å². The molecule has 0 bridgehead atoms. The van der Waals surface area contributed by atoms with Gasteiger partial charge in [-0.2, -0.15) is 0 Å². The van der Waals surface area contributed by atoms with E-state index in [1.54, 1.807) is 0 Å². The second-order valence-corrected chi connectivity index (χ2v) is 2.68. The highest BCUT2D eigenvalue weighted by molar-refractivity contribution is 4.91. The summed E-state index contributed by atoms with van der Waals surface area (Å²) in [5.41, 5.74) is 5.42. The molecule has 2 atom stereocenters. The first-order chi connectivity index (χ1) is 3.75. The van der Waals surface area contributed by atoms with Gasteiger partial charge in [0.1, 0.15) is 0 Å². The van der Waals surface area contributed by atoms with Crippen molar-refractivity contribution in [1.29, 1.82) is 0 Å². The van der Waals surface area contributed by atoms with Crippen LogP contribution in [0.4, 0.5) is 0 Å². The average Bonchev–Trinajstić information content (AvgIpc) is 2.42. The lowest BCUT2D eigenvalue weighted by molar-refractivity contribution is 0.423. The Kier molecular flexibility index (Phi) is 1.54. The molecule has 1 fully saturated rings. The zero-order chi connectivity index (χ0) is 6.15. The number of hydrogen-bond donors (Lipinski definition) is 1. The maximum atomic E-state index is 5.42. The summed E-state index contributed by atoms with van der Waals surface area (Å²) < 4.78 is 0. The normalized spacial score (nSPS) is 36.0. The van der Waals surface area contributed by atoms with Crippen molar-refractivity contribution in [2.45, 2.75) is 25.9 Å². The van der Waals surface area contributed by atoms with Gasteiger partial charge in [0.25, 0.3) is 0 Å². The molecule has 0 amide bonds. The molecule has 0 aliphatic carbocycles. The van der Waals surface area contributed by atoms with Crippen LogP contribution >= 0.6 is 0 Å². The van der Waals surface area contributed by atoms with E-state index in [-0.39, 0.29) is 0 Å². The van der Waals surface area contributed by atoms with Crippen LogP contribution in [0.25, 0.3) is 0 Å². The second kappa shape index (κ2) is 2.03. The summed E-state index contributed by atoms with van der Waals surface area (Å²) in [4.78, 5) is 2.39. The van der Waals surface area contributed by atoms with Crippen LogP contribution in [0, 0.1) is 0 Å². The second-order valence-electron chi connectivity index (χ2n) is 2.68. The van der Waals surface area contributed by atoms with Crippen molar-refractivity contribution in [2.75, 3.05) is 13.1 Å². The summed E-state index contributed by atoms with van der Waals surface area (Å²) in [5, 5.41) is 0. The third kappa shape index (κ3) is 1.01. The predicted molar refractivity (Wildman–Crippen MR) is 34.7 cm³/mol. The largest absolute Gasteiger partial charge is 0.329 e. The molecule has 8 heavy (non-hydrogen) atoms. The summed E-state index contributed by atoms with van der Waals surface area (Å²) in [6.45, 7) is 6.46. The first kappa shape index (κ1) is 6.05. The minimum absolute atomic E-state index is 0.698. The SMILES string of the molecule is CC(C)N1C[C@H]1CN. The molecule has 0 spiro atoms. The smallest absolute Gasteiger partial charge is 0.0349 e. The summed E-state index contributed by atoms with van der Waals surface area (Å²) >= 11 is 0. The van der Waals surface area contributed by atoms with Gasteiger partial charge in [-0.1, -0.05) is 0 Å². The lowest BCUT2D eigenvalue weighted by Gasteiger charge is -2.04. The molecule has 1 saturated heterocycles. The van der Waals surface area contributed by atoms with Gasteiger partial charge < -0.3 is 5.73 Å². The van der Waals surface area contributed by atoms with E-state index < -0.39 is 0 Å². The zero-order valence-corrected chi connectivity index (χ0v) is 5.59. The summed E-state index contributed by atoms with van der Waals surface area (Å²) in [6, 6.07) is 1.40. The molecule has 48 valence electrons. The molecule has 0 radical (unpaired) electrons. The Morgan fingerprint density at radius 2 is 2.38 bits per heavy atom. The Morgan fingerprint density at radius 1 is 1.75 bits per heavy atom. The van der Waals surface area contributed by atoms with Gasteiger partial charge >= 0.3 is 0 Å². The molecule has 1 heterocycles. The molecule has 0 aromatic carbocycles. The maximum Gasteiger partial charge on any atom is 0.0349 e. The fraction of sp³-hybridized carbons (Fsp3) is 1.00. The molecule has 0 aromatic rings. The minimum Gasteiger partial charge on any atom is -0.329 e. The van der Waals surface area contributed by atoms with Crippen LogP contribution in [0.1, 0.15) is 13.8 Å². The van der Waals surface area contributed by atoms with Gasteiger partial charge in [-0.3, -0.25) is 4.90 Å². The minimum atomic E-state index is 0.698. The summed E-state index contributed by atoms with van der Waals surface area (Å²) in [5.74, 6) is 0. The maximum absolute atomic E-state index is 5.42. The molecule has 1 unspecified atom stereocenters. The molecule has 0 aromatic heterocycles. The fourth-order valence-corrected chi connectivity index (χ4v) is 1.04. The Morgan fingerprint density at radius 3 is 2.50 bits per heavy atom. The summed E-state index contributed by atoms with van der Waals surface area (Å²) in [7, 11) is 0. The first-order valence-corrected chi connectivity index (χ1v) is 3.21. The zero-order valence-electron chi connectivity index (χ0n) is 5.59. The molecule has 2 N–H and O–H groups in total. The van der Waals surface area contributed by atoms with Crippen molar-refractivity contribution in [1.82, 2.24) is 4.90 Å². The average molecular weight is 114 g/mol. The lowest BCUT2D eigenvalue weighted by Crippen LogP contribution is -2.17. The monoisotopic (exact) mass is 114 g/mol. The summed E-state index contributed by atoms with van der Waals surface area (Å²) in [6.07, 6.45) is 0. The van der Waals surface area contributed by atoms with E-state index in [0.29, 0.717) is 12.1 Å². The Labute approximate surface area is 50.7 Å². The van der Waals surface area contributed by atoms with Crippen molar-refractivity contribution in [2.24, 2.45) is 5.73 Å².